The second-order valence-electron chi connectivity index (χ2n) is 4.28. The highest BCUT2D eigenvalue weighted by Gasteiger charge is 2.12. The van der Waals surface area contributed by atoms with E-state index in [2.05, 4.69) is 36.8 Å². The highest BCUT2D eigenvalue weighted by molar-refractivity contribution is 7.09. The molecule has 0 saturated carbocycles. The maximum atomic E-state index is 4.49. The Labute approximate surface area is 120 Å². The Morgan fingerprint density at radius 3 is 3.10 bits per heavy atom. The second kappa shape index (κ2) is 5.79. The first-order chi connectivity index (χ1) is 9.86. The van der Waals surface area contributed by atoms with E-state index in [4.69, 9.17) is 0 Å². The Morgan fingerprint density at radius 1 is 1.35 bits per heavy atom. The number of nitrogens with one attached hydrogen (secondary N) is 2. The molecule has 2 N–H and O–H groups in total. The maximum absolute atomic E-state index is 4.49. The van der Waals surface area contributed by atoms with Crippen LogP contribution in [0.15, 0.2) is 30.6 Å². The highest BCUT2D eigenvalue weighted by atomic mass is 32.1. The van der Waals surface area contributed by atoms with Gasteiger partial charge < -0.3 is 5.32 Å². The van der Waals surface area contributed by atoms with Crippen molar-refractivity contribution in [2.75, 3.05) is 5.32 Å². The summed E-state index contributed by atoms with van der Waals surface area (Å²) in [5.41, 5.74) is 2.05. The van der Waals surface area contributed by atoms with Crippen LogP contribution in [0.5, 0.6) is 0 Å². The summed E-state index contributed by atoms with van der Waals surface area (Å²) < 4.78 is 4.38. The molecule has 3 heterocycles. The van der Waals surface area contributed by atoms with E-state index in [1.54, 1.807) is 12.4 Å². The van der Waals surface area contributed by atoms with E-state index in [9.17, 15) is 0 Å². The van der Waals surface area contributed by atoms with Crippen LogP contribution >= 0.6 is 11.5 Å². The molecule has 3 rings (SSSR count). The van der Waals surface area contributed by atoms with Crippen LogP contribution in [0.25, 0.3) is 11.4 Å². The molecule has 0 aromatic carbocycles. The molecule has 0 bridgehead atoms. The standard InChI is InChI=1S/C13H14N6S/c1-2-5-10-9(8-15-18-10)12-17-13(20-19-12)16-11-6-3-4-7-14-11/h3-4,6-8H,2,5H2,1H3,(H,15,18)(H,14,16,17,19). The lowest BCUT2D eigenvalue weighted by atomic mass is 10.1. The molecule has 6 nitrogen and oxygen atoms in total. The van der Waals surface area contributed by atoms with Crippen molar-refractivity contribution < 1.29 is 0 Å². The summed E-state index contributed by atoms with van der Waals surface area (Å²) in [6, 6.07) is 5.69. The fourth-order valence-corrected chi connectivity index (χ4v) is 2.47. The summed E-state index contributed by atoms with van der Waals surface area (Å²) in [5.74, 6) is 1.46. The number of hydrogen-bond acceptors (Lipinski definition) is 6. The molecule has 0 fully saturated rings. The fraction of sp³-hybridized carbons (Fsp3) is 0.231. The molecular formula is C13H14N6S. The van der Waals surface area contributed by atoms with E-state index in [0.717, 1.165) is 35.0 Å². The van der Waals surface area contributed by atoms with Gasteiger partial charge in [0.15, 0.2) is 5.82 Å². The Balaban J connectivity index is 1.81. The third-order valence-electron chi connectivity index (χ3n) is 2.79. The first-order valence-electron chi connectivity index (χ1n) is 6.41. The average molecular weight is 286 g/mol. The van der Waals surface area contributed by atoms with Crippen molar-refractivity contribution in [3.8, 4) is 11.4 Å². The number of pyridine rings is 1. The largest absolute Gasteiger partial charge is 0.315 e. The summed E-state index contributed by atoms with van der Waals surface area (Å²) in [6.45, 7) is 2.13. The van der Waals surface area contributed by atoms with E-state index in [-0.39, 0.29) is 0 Å². The molecule has 0 radical (unpaired) electrons. The predicted octanol–water partition coefficient (Wildman–Crippen LogP) is 3.02. The summed E-state index contributed by atoms with van der Waals surface area (Å²) >= 11 is 1.32. The first kappa shape index (κ1) is 12.7. The van der Waals surface area contributed by atoms with Crippen molar-refractivity contribution in [2.45, 2.75) is 19.8 Å². The van der Waals surface area contributed by atoms with Crippen molar-refractivity contribution in [1.29, 1.82) is 0 Å². The van der Waals surface area contributed by atoms with E-state index in [1.165, 1.54) is 11.5 Å². The van der Waals surface area contributed by atoms with Crippen LogP contribution in [0.4, 0.5) is 10.9 Å². The molecule has 0 aliphatic rings. The summed E-state index contributed by atoms with van der Waals surface area (Å²) in [6.07, 6.45) is 5.51. The van der Waals surface area contributed by atoms with E-state index >= 15 is 0 Å². The number of H-pyrrole nitrogens is 1. The minimum absolute atomic E-state index is 0.700. The zero-order valence-electron chi connectivity index (χ0n) is 11.0. The van der Waals surface area contributed by atoms with Gasteiger partial charge in [-0.05, 0) is 18.6 Å². The molecule has 3 aromatic heterocycles. The van der Waals surface area contributed by atoms with Crippen molar-refractivity contribution in [2.24, 2.45) is 0 Å². The molecule has 102 valence electrons. The number of anilines is 2. The number of hydrogen-bond donors (Lipinski definition) is 2. The van der Waals surface area contributed by atoms with Crippen LogP contribution in [0.1, 0.15) is 19.0 Å². The van der Waals surface area contributed by atoms with Gasteiger partial charge in [0, 0.05) is 23.4 Å². The molecule has 0 aliphatic heterocycles. The van der Waals surface area contributed by atoms with Gasteiger partial charge in [-0.15, -0.1) is 0 Å². The van der Waals surface area contributed by atoms with Gasteiger partial charge in [-0.3, -0.25) is 5.10 Å². The van der Waals surface area contributed by atoms with Crippen LogP contribution < -0.4 is 5.32 Å². The lowest BCUT2D eigenvalue weighted by molar-refractivity contribution is 0.867. The van der Waals surface area contributed by atoms with Crippen LogP contribution in [-0.4, -0.2) is 24.5 Å². The molecule has 7 heteroatoms. The average Bonchev–Trinajstić information content (AvgIpc) is 3.09. The van der Waals surface area contributed by atoms with Crippen molar-refractivity contribution in [3.63, 3.8) is 0 Å². The van der Waals surface area contributed by atoms with Gasteiger partial charge in [-0.25, -0.2) is 4.98 Å². The third kappa shape index (κ3) is 2.67. The predicted molar refractivity (Wildman–Crippen MR) is 79.0 cm³/mol. The molecule has 0 aliphatic carbocycles. The second-order valence-corrected chi connectivity index (χ2v) is 5.03. The lowest BCUT2D eigenvalue weighted by Crippen LogP contribution is -1.92. The number of aromatic nitrogens is 5. The van der Waals surface area contributed by atoms with E-state index in [1.807, 2.05) is 18.2 Å². The first-order valence-corrected chi connectivity index (χ1v) is 7.18. The zero-order chi connectivity index (χ0) is 13.8. The third-order valence-corrected chi connectivity index (χ3v) is 3.42. The van der Waals surface area contributed by atoms with Crippen molar-refractivity contribution in [1.82, 2.24) is 24.5 Å². The highest BCUT2D eigenvalue weighted by Crippen LogP contribution is 2.25. The lowest BCUT2D eigenvalue weighted by Gasteiger charge is -1.99. The Bertz CT molecular complexity index is 675. The molecule has 0 saturated heterocycles. The van der Waals surface area contributed by atoms with Crippen molar-refractivity contribution in [3.05, 3.63) is 36.3 Å². The molecule has 20 heavy (non-hydrogen) atoms. The van der Waals surface area contributed by atoms with Crippen LogP contribution in [0, 0.1) is 0 Å². The zero-order valence-corrected chi connectivity index (χ0v) is 11.8. The minimum atomic E-state index is 0.700. The van der Waals surface area contributed by atoms with E-state index in [0.29, 0.717) is 5.82 Å². The quantitative estimate of drug-likeness (QED) is 0.753. The SMILES string of the molecule is CCCc1[nH]ncc1-c1nsc(Nc2ccccn2)n1. The molecular weight excluding hydrogens is 272 g/mol. The molecule has 0 spiro atoms. The summed E-state index contributed by atoms with van der Waals surface area (Å²) in [4.78, 5) is 8.69. The van der Waals surface area contributed by atoms with Gasteiger partial charge >= 0.3 is 0 Å². The monoisotopic (exact) mass is 286 g/mol. The topological polar surface area (TPSA) is 79.4 Å². The van der Waals surface area contributed by atoms with Gasteiger partial charge in [0.2, 0.25) is 5.13 Å². The number of rotatable bonds is 5. The Kier molecular flexibility index (Phi) is 3.69. The summed E-state index contributed by atoms with van der Waals surface area (Å²) in [5, 5.41) is 10.9. The van der Waals surface area contributed by atoms with Crippen LogP contribution in [-0.2, 0) is 6.42 Å². The molecule has 0 unspecified atom stereocenters. The Hall–Kier alpha value is -2.28. The smallest absolute Gasteiger partial charge is 0.208 e. The number of nitrogens with zero attached hydrogens (tertiary/aromatic N) is 4. The van der Waals surface area contributed by atoms with Gasteiger partial charge in [-0.2, -0.15) is 14.5 Å². The maximum Gasteiger partial charge on any atom is 0.208 e. The number of aromatic amines is 1. The Morgan fingerprint density at radius 2 is 2.30 bits per heavy atom. The van der Waals surface area contributed by atoms with Gasteiger partial charge in [0.25, 0.3) is 0 Å². The normalized spacial score (nSPS) is 10.7. The van der Waals surface area contributed by atoms with E-state index < -0.39 is 0 Å². The molecule has 3 aromatic rings. The fourth-order valence-electron chi connectivity index (χ4n) is 1.88. The molecule has 0 atom stereocenters. The van der Waals surface area contributed by atoms with Crippen LogP contribution in [0.2, 0.25) is 0 Å². The summed E-state index contributed by atoms with van der Waals surface area (Å²) in [7, 11) is 0. The number of aryl methyl sites for hydroxylation is 1. The van der Waals surface area contributed by atoms with Gasteiger partial charge in [0.05, 0.1) is 11.8 Å². The van der Waals surface area contributed by atoms with Crippen LogP contribution in [0.3, 0.4) is 0 Å². The van der Waals surface area contributed by atoms with Gasteiger partial charge in [0.1, 0.15) is 5.82 Å². The van der Waals surface area contributed by atoms with Gasteiger partial charge in [-0.1, -0.05) is 19.4 Å². The van der Waals surface area contributed by atoms with Crippen molar-refractivity contribution >= 4 is 22.5 Å². The minimum Gasteiger partial charge on any atom is -0.315 e. The molecule has 0 amide bonds.